The molecule has 0 heterocycles. The van der Waals surface area contributed by atoms with E-state index in [0.717, 1.165) is 12.1 Å². The van der Waals surface area contributed by atoms with Gasteiger partial charge in [-0.05, 0) is 55.5 Å². The Morgan fingerprint density at radius 1 is 1.08 bits per heavy atom. The predicted octanol–water partition coefficient (Wildman–Crippen LogP) is 1.66. The molecule has 0 aromatic heterocycles. The molecular weight excluding hydrogens is 351 g/mol. The summed E-state index contributed by atoms with van der Waals surface area (Å²) in [5, 5.41) is 7.45. The normalized spacial score (nSPS) is 12.3. The monoisotopic (exact) mass is 366 g/mol. The summed E-state index contributed by atoms with van der Waals surface area (Å²) < 4.78 is 40.1. The highest BCUT2D eigenvalue weighted by molar-refractivity contribution is 7.89. The zero-order valence-corrected chi connectivity index (χ0v) is 13.9. The van der Waals surface area contributed by atoms with Crippen molar-refractivity contribution in [1.29, 1.82) is 0 Å². The first-order valence-corrected chi connectivity index (χ1v) is 8.62. The molecule has 2 aromatic carbocycles. The third-order valence-electron chi connectivity index (χ3n) is 3.18. The lowest BCUT2D eigenvalue weighted by molar-refractivity contribution is -0.123. The number of hydrogen-bond acceptors (Lipinski definition) is 5. The fourth-order valence-electron chi connectivity index (χ4n) is 1.84. The van der Waals surface area contributed by atoms with E-state index in [2.05, 4.69) is 5.32 Å². The minimum atomic E-state index is -3.82. The standard InChI is InChI=1S/C16H15FN2O5S/c1-10(24-16(21)11-2-4-12(17)5-3-11)15(20)19-13-6-8-14(9-7-13)25(18,22)23/h2-10H,1H3,(H,19,20)(H2,18,22,23)/t10-/m1/s1. The number of anilines is 1. The van der Waals surface area contributed by atoms with Crippen molar-refractivity contribution in [2.75, 3.05) is 5.32 Å². The van der Waals surface area contributed by atoms with Gasteiger partial charge in [0.2, 0.25) is 10.0 Å². The number of halogens is 1. The molecule has 0 spiro atoms. The minimum absolute atomic E-state index is 0.0960. The van der Waals surface area contributed by atoms with E-state index < -0.39 is 33.8 Å². The van der Waals surface area contributed by atoms with Crippen molar-refractivity contribution in [3.63, 3.8) is 0 Å². The molecule has 0 aliphatic heterocycles. The Balaban J connectivity index is 1.98. The Labute approximate surface area is 143 Å². The molecule has 25 heavy (non-hydrogen) atoms. The zero-order chi connectivity index (χ0) is 18.6. The molecular formula is C16H15FN2O5S. The van der Waals surface area contributed by atoms with E-state index in [9.17, 15) is 22.4 Å². The highest BCUT2D eigenvalue weighted by Crippen LogP contribution is 2.14. The van der Waals surface area contributed by atoms with Crippen molar-refractivity contribution < 1.29 is 27.1 Å². The maximum atomic E-state index is 12.8. The number of benzene rings is 2. The molecule has 0 radical (unpaired) electrons. The maximum absolute atomic E-state index is 12.8. The van der Waals surface area contributed by atoms with Crippen molar-refractivity contribution >= 4 is 27.6 Å². The molecule has 7 nitrogen and oxygen atoms in total. The molecule has 0 saturated carbocycles. The topological polar surface area (TPSA) is 116 Å². The second kappa shape index (κ2) is 7.41. The Bertz CT molecular complexity index is 880. The third kappa shape index (κ3) is 5.10. The van der Waals surface area contributed by atoms with Crippen LogP contribution in [0.25, 0.3) is 0 Å². The third-order valence-corrected chi connectivity index (χ3v) is 4.11. The Kier molecular flexibility index (Phi) is 5.50. The second-order valence-corrected chi connectivity index (χ2v) is 6.67. The Morgan fingerprint density at radius 2 is 1.64 bits per heavy atom. The first kappa shape index (κ1) is 18.6. The molecule has 0 unspecified atom stereocenters. The quantitative estimate of drug-likeness (QED) is 0.781. The summed E-state index contributed by atoms with van der Waals surface area (Å²) in [5.41, 5.74) is 0.417. The largest absolute Gasteiger partial charge is 0.449 e. The zero-order valence-electron chi connectivity index (χ0n) is 13.1. The minimum Gasteiger partial charge on any atom is -0.449 e. The van der Waals surface area contributed by atoms with Crippen molar-refractivity contribution in [2.24, 2.45) is 5.14 Å². The van der Waals surface area contributed by atoms with Gasteiger partial charge in [0.05, 0.1) is 10.5 Å². The van der Waals surface area contributed by atoms with Crippen LogP contribution in [-0.2, 0) is 19.6 Å². The van der Waals surface area contributed by atoms with Gasteiger partial charge in [0.25, 0.3) is 5.91 Å². The van der Waals surface area contributed by atoms with Crippen LogP contribution in [0.5, 0.6) is 0 Å². The molecule has 0 saturated heterocycles. The van der Waals surface area contributed by atoms with Crippen LogP contribution in [0, 0.1) is 5.82 Å². The average molecular weight is 366 g/mol. The number of nitrogens with two attached hydrogens (primary N) is 1. The number of nitrogens with one attached hydrogen (secondary N) is 1. The second-order valence-electron chi connectivity index (χ2n) is 5.11. The van der Waals surface area contributed by atoms with E-state index in [1.54, 1.807) is 0 Å². The van der Waals surface area contributed by atoms with Gasteiger partial charge in [0.15, 0.2) is 6.10 Å². The van der Waals surface area contributed by atoms with Gasteiger partial charge in [-0.15, -0.1) is 0 Å². The van der Waals surface area contributed by atoms with Crippen LogP contribution < -0.4 is 10.5 Å². The molecule has 1 atom stereocenters. The van der Waals surface area contributed by atoms with Gasteiger partial charge < -0.3 is 10.1 Å². The van der Waals surface area contributed by atoms with Gasteiger partial charge in [0.1, 0.15) is 5.82 Å². The summed E-state index contributed by atoms with van der Waals surface area (Å²) in [6.45, 7) is 1.37. The lowest BCUT2D eigenvalue weighted by atomic mass is 10.2. The van der Waals surface area contributed by atoms with Crippen LogP contribution in [0.2, 0.25) is 0 Å². The van der Waals surface area contributed by atoms with Crippen molar-refractivity contribution in [2.45, 2.75) is 17.9 Å². The lowest BCUT2D eigenvalue weighted by Crippen LogP contribution is -2.30. The van der Waals surface area contributed by atoms with Gasteiger partial charge in [-0.25, -0.2) is 22.7 Å². The van der Waals surface area contributed by atoms with Crippen LogP contribution >= 0.6 is 0 Å². The van der Waals surface area contributed by atoms with Gasteiger partial charge in [0, 0.05) is 5.69 Å². The van der Waals surface area contributed by atoms with Gasteiger partial charge in [-0.3, -0.25) is 4.79 Å². The molecule has 132 valence electrons. The fraction of sp³-hybridized carbons (Fsp3) is 0.125. The van der Waals surface area contributed by atoms with Crippen molar-refractivity contribution in [1.82, 2.24) is 0 Å². The number of ether oxygens (including phenoxy) is 1. The Morgan fingerprint density at radius 3 is 2.16 bits per heavy atom. The molecule has 0 bridgehead atoms. The van der Waals surface area contributed by atoms with Crippen LogP contribution in [0.1, 0.15) is 17.3 Å². The summed E-state index contributed by atoms with van der Waals surface area (Å²) in [4.78, 5) is 23.8. The molecule has 0 fully saturated rings. The molecule has 2 rings (SSSR count). The summed E-state index contributed by atoms with van der Waals surface area (Å²) >= 11 is 0. The molecule has 2 aromatic rings. The van der Waals surface area contributed by atoms with E-state index in [-0.39, 0.29) is 10.5 Å². The van der Waals surface area contributed by atoms with Crippen LogP contribution in [0.4, 0.5) is 10.1 Å². The van der Waals surface area contributed by atoms with Gasteiger partial charge in [-0.1, -0.05) is 0 Å². The van der Waals surface area contributed by atoms with E-state index >= 15 is 0 Å². The lowest BCUT2D eigenvalue weighted by Gasteiger charge is -2.13. The van der Waals surface area contributed by atoms with E-state index in [0.29, 0.717) is 5.69 Å². The number of sulfonamides is 1. The highest BCUT2D eigenvalue weighted by Gasteiger charge is 2.19. The van der Waals surface area contributed by atoms with Gasteiger partial charge in [-0.2, -0.15) is 0 Å². The van der Waals surface area contributed by atoms with E-state index in [4.69, 9.17) is 9.88 Å². The first-order valence-electron chi connectivity index (χ1n) is 7.07. The molecule has 0 aliphatic carbocycles. The van der Waals surface area contributed by atoms with Crippen molar-refractivity contribution in [3.8, 4) is 0 Å². The predicted molar refractivity (Wildman–Crippen MR) is 87.7 cm³/mol. The molecule has 1 amide bonds. The molecule has 0 aliphatic rings. The number of amides is 1. The number of rotatable bonds is 5. The number of hydrogen-bond donors (Lipinski definition) is 2. The highest BCUT2D eigenvalue weighted by atomic mass is 32.2. The number of primary sulfonamides is 1. The number of esters is 1. The smallest absolute Gasteiger partial charge is 0.338 e. The molecule has 9 heteroatoms. The van der Waals surface area contributed by atoms with Crippen LogP contribution in [0.15, 0.2) is 53.4 Å². The van der Waals surface area contributed by atoms with E-state index in [1.165, 1.54) is 43.3 Å². The number of carbonyl (C=O) groups is 2. The first-order chi connectivity index (χ1) is 11.7. The van der Waals surface area contributed by atoms with Gasteiger partial charge >= 0.3 is 5.97 Å². The summed E-state index contributed by atoms with van der Waals surface area (Å²) in [6.07, 6.45) is -1.12. The van der Waals surface area contributed by atoms with Crippen LogP contribution in [-0.4, -0.2) is 26.4 Å². The molecule has 3 N–H and O–H groups in total. The van der Waals surface area contributed by atoms with Crippen molar-refractivity contribution in [3.05, 3.63) is 59.9 Å². The summed E-state index contributed by atoms with van der Waals surface area (Å²) in [6, 6.07) is 9.88. The van der Waals surface area contributed by atoms with Crippen LogP contribution in [0.3, 0.4) is 0 Å². The maximum Gasteiger partial charge on any atom is 0.338 e. The SMILES string of the molecule is C[C@@H](OC(=O)c1ccc(F)cc1)C(=O)Nc1ccc(S(N)(=O)=O)cc1. The number of carbonyl (C=O) groups excluding carboxylic acids is 2. The fourth-order valence-corrected chi connectivity index (χ4v) is 2.36. The average Bonchev–Trinajstić information content (AvgIpc) is 2.55. The van der Waals surface area contributed by atoms with E-state index in [1.807, 2.05) is 0 Å². The summed E-state index contributed by atoms with van der Waals surface area (Å²) in [7, 11) is -3.82. The summed E-state index contributed by atoms with van der Waals surface area (Å²) in [5.74, 6) is -1.88. The Hall–Kier alpha value is -2.78.